The van der Waals surface area contributed by atoms with Crippen molar-refractivity contribution >= 4 is 17.9 Å². The second-order valence-corrected chi connectivity index (χ2v) is 6.68. The number of hydrogen-bond acceptors (Lipinski definition) is 6. The number of ether oxygens (including phenoxy) is 3. The van der Waals surface area contributed by atoms with Crippen LogP contribution in [0.25, 0.3) is 0 Å². The van der Waals surface area contributed by atoms with Crippen LogP contribution in [0.5, 0.6) is 0 Å². The van der Waals surface area contributed by atoms with Crippen molar-refractivity contribution in [3.63, 3.8) is 0 Å². The van der Waals surface area contributed by atoms with Gasteiger partial charge in [0.15, 0.2) is 6.10 Å². The van der Waals surface area contributed by atoms with Gasteiger partial charge in [0.1, 0.15) is 13.2 Å². The monoisotopic (exact) mass is 602 g/mol. The fourth-order valence-electron chi connectivity index (χ4n) is 1.75. The fourth-order valence-corrected chi connectivity index (χ4v) is 1.75. The molecule has 0 aliphatic heterocycles. The smallest absolute Gasteiger partial charge is 0.385 e. The second kappa shape index (κ2) is 30.3. The lowest BCUT2D eigenvalue weighted by Gasteiger charge is -2.15. The van der Waals surface area contributed by atoms with Gasteiger partial charge in [-0.2, -0.15) is 0 Å². The van der Waals surface area contributed by atoms with Crippen molar-refractivity contribution in [2.75, 3.05) is 13.2 Å². The van der Waals surface area contributed by atoms with E-state index in [1.165, 1.54) is 0 Å². The first kappa shape index (κ1) is 38.4. The van der Waals surface area contributed by atoms with Crippen molar-refractivity contribution in [3.8, 4) is 189 Å². The summed E-state index contributed by atoms with van der Waals surface area (Å²) in [7, 11) is 0. The molecule has 6 nitrogen and oxygen atoms in total. The van der Waals surface area contributed by atoms with Crippen LogP contribution < -0.4 is 0 Å². The first-order valence-corrected chi connectivity index (χ1v) is 12.4. The summed E-state index contributed by atoms with van der Waals surface area (Å²) in [5.74, 6) is 74.7. The Hall–Kier alpha value is -8.63. The van der Waals surface area contributed by atoms with Crippen LogP contribution in [0.1, 0.15) is 20.8 Å². The van der Waals surface area contributed by atoms with Crippen LogP contribution in [0.15, 0.2) is 0 Å². The molecule has 0 saturated heterocycles. The maximum atomic E-state index is 12.0. The summed E-state index contributed by atoms with van der Waals surface area (Å²) in [4.78, 5) is 34.9. The van der Waals surface area contributed by atoms with E-state index in [0.717, 1.165) is 6.92 Å². The molecule has 0 rings (SSSR count). The Labute approximate surface area is 275 Å². The van der Waals surface area contributed by atoms with Crippen molar-refractivity contribution in [1.29, 1.82) is 0 Å². The minimum absolute atomic E-state index is 0.398. The van der Waals surface area contributed by atoms with Gasteiger partial charge in [-0.15, -0.1) is 0 Å². The van der Waals surface area contributed by atoms with E-state index in [2.05, 4.69) is 189 Å². The maximum Gasteiger partial charge on any atom is 0.385 e. The van der Waals surface area contributed by atoms with Crippen molar-refractivity contribution in [1.82, 2.24) is 0 Å². The van der Waals surface area contributed by atoms with E-state index in [1.54, 1.807) is 13.8 Å². The fraction of sp³-hybridized carbons (Fsp3) is 0.146. The minimum atomic E-state index is -1.16. The van der Waals surface area contributed by atoms with Crippen molar-refractivity contribution in [2.24, 2.45) is 0 Å². The molecule has 0 aliphatic rings. The molecule has 6 heteroatoms. The molecular weight excluding hydrogens is 588 g/mol. The average molecular weight is 603 g/mol. The number of esters is 3. The van der Waals surface area contributed by atoms with Gasteiger partial charge in [-0.3, -0.25) is 4.79 Å². The molecule has 0 fully saturated rings. The van der Waals surface area contributed by atoms with Crippen LogP contribution in [0.4, 0.5) is 0 Å². The Morgan fingerprint density at radius 3 is 1.00 bits per heavy atom. The SMILES string of the molecule is CC#CC#CC#CC#CC#CC#CC#CC#CC(=O)OCC(COC(C)=O)OC(=O)C#CC#CC#CC#CC#CC#CC#CC#CC. The van der Waals surface area contributed by atoms with Crippen molar-refractivity contribution in [2.45, 2.75) is 26.9 Å². The molecule has 0 aromatic rings. The van der Waals surface area contributed by atoms with E-state index in [0.29, 0.717) is 0 Å². The highest BCUT2D eigenvalue weighted by Gasteiger charge is 2.17. The predicted molar refractivity (Wildman–Crippen MR) is 173 cm³/mol. The highest BCUT2D eigenvalue weighted by atomic mass is 16.6. The van der Waals surface area contributed by atoms with Gasteiger partial charge in [-0.25, -0.2) is 9.59 Å². The third kappa shape index (κ3) is 30.2. The lowest BCUT2D eigenvalue weighted by Crippen LogP contribution is -2.30. The summed E-state index contributed by atoms with van der Waals surface area (Å²) in [5.41, 5.74) is 0. The quantitative estimate of drug-likeness (QED) is 0.192. The lowest BCUT2D eigenvalue weighted by atomic mass is 10.4. The van der Waals surface area contributed by atoms with Gasteiger partial charge in [0.05, 0.1) is 0 Å². The first-order valence-electron chi connectivity index (χ1n) is 12.4. The third-order valence-corrected chi connectivity index (χ3v) is 3.35. The van der Waals surface area contributed by atoms with E-state index >= 15 is 0 Å². The van der Waals surface area contributed by atoms with Gasteiger partial charge in [0.25, 0.3) is 0 Å². The Kier molecular flexibility index (Phi) is 24.8. The highest BCUT2D eigenvalue weighted by Crippen LogP contribution is 1.97. The molecule has 0 aromatic heterocycles. The molecule has 0 saturated carbocycles. The van der Waals surface area contributed by atoms with E-state index in [1.807, 2.05) is 0 Å². The van der Waals surface area contributed by atoms with Crippen LogP contribution in [0.2, 0.25) is 0 Å². The minimum Gasteiger partial charge on any atom is -0.462 e. The van der Waals surface area contributed by atoms with Crippen LogP contribution in [0, 0.1) is 189 Å². The van der Waals surface area contributed by atoms with E-state index in [4.69, 9.17) is 14.2 Å². The number of carbonyl (C=O) groups is 3. The van der Waals surface area contributed by atoms with Gasteiger partial charge < -0.3 is 14.2 Å². The molecule has 0 bridgehead atoms. The summed E-state index contributed by atoms with van der Waals surface area (Å²) >= 11 is 0. The van der Waals surface area contributed by atoms with Crippen LogP contribution in [-0.2, 0) is 28.6 Å². The lowest BCUT2D eigenvalue weighted by molar-refractivity contribution is -0.160. The van der Waals surface area contributed by atoms with Gasteiger partial charge in [0.2, 0.25) is 0 Å². The Morgan fingerprint density at radius 1 is 0.404 bits per heavy atom. The molecule has 1 unspecified atom stereocenters. The number of carbonyl (C=O) groups excluding carboxylic acids is 3. The van der Waals surface area contributed by atoms with Gasteiger partial charge in [-0.05, 0) is 180 Å². The zero-order valence-corrected chi connectivity index (χ0v) is 24.9. The topological polar surface area (TPSA) is 78.9 Å². The molecule has 214 valence electrons. The number of rotatable bonds is 5. The Bertz CT molecular complexity index is 2300. The van der Waals surface area contributed by atoms with Crippen molar-refractivity contribution in [3.05, 3.63) is 0 Å². The maximum absolute atomic E-state index is 12.0. The second-order valence-electron chi connectivity index (χ2n) is 6.68. The summed E-state index contributed by atoms with van der Waals surface area (Å²) in [6, 6.07) is 0. The van der Waals surface area contributed by atoms with E-state index in [9.17, 15) is 14.4 Å². The van der Waals surface area contributed by atoms with Crippen LogP contribution in [-0.4, -0.2) is 37.2 Å². The Morgan fingerprint density at radius 2 is 0.681 bits per heavy atom. The summed E-state index contributed by atoms with van der Waals surface area (Å²) in [6.45, 7) is 3.60. The van der Waals surface area contributed by atoms with Crippen molar-refractivity contribution < 1.29 is 28.6 Å². The standard InChI is InChI=1S/C41H14O6/c1-4-6-8-10-12-14-16-18-20-22-24-26-28-30-32-34-40(43)46-37-39(36-45-38(3)42)47-41(44)35-33-31-29-27-25-23-21-19-17-15-13-11-9-7-5-2/h39H,36-37H2,1-3H3. The van der Waals surface area contributed by atoms with Gasteiger partial charge in [0, 0.05) is 18.8 Å². The largest absolute Gasteiger partial charge is 0.462 e. The molecule has 0 amide bonds. The summed E-state index contributed by atoms with van der Waals surface area (Å²) < 4.78 is 14.7. The average Bonchev–Trinajstić information content (AvgIpc) is 3.05. The molecule has 47 heavy (non-hydrogen) atoms. The van der Waals surface area contributed by atoms with E-state index in [-0.39, 0.29) is 0 Å². The highest BCUT2D eigenvalue weighted by molar-refractivity contribution is 5.90. The molecule has 0 spiro atoms. The van der Waals surface area contributed by atoms with E-state index < -0.39 is 37.2 Å². The molecule has 0 radical (unpaired) electrons. The Balaban J connectivity index is 4.94. The molecule has 0 N–H and O–H groups in total. The molecule has 1 atom stereocenters. The predicted octanol–water partition coefficient (Wildman–Crippen LogP) is 0.0987. The zero-order valence-electron chi connectivity index (χ0n) is 24.9. The number of hydrogen-bond donors (Lipinski definition) is 0. The van der Waals surface area contributed by atoms with Gasteiger partial charge in [-0.1, -0.05) is 11.8 Å². The molecule has 0 aliphatic carbocycles. The summed E-state index contributed by atoms with van der Waals surface area (Å²) in [6.07, 6.45) is -1.16. The normalized spacial score (nSPS) is 6.36. The molecule has 0 heterocycles. The zero-order chi connectivity index (χ0) is 34.5. The third-order valence-electron chi connectivity index (χ3n) is 3.35. The first-order chi connectivity index (χ1) is 23.0. The molecule has 0 aromatic carbocycles. The molecular formula is C41H14O6. The van der Waals surface area contributed by atoms with Gasteiger partial charge >= 0.3 is 17.9 Å². The van der Waals surface area contributed by atoms with Crippen LogP contribution in [0.3, 0.4) is 0 Å². The summed E-state index contributed by atoms with van der Waals surface area (Å²) in [5, 5.41) is 0. The van der Waals surface area contributed by atoms with Crippen LogP contribution >= 0.6 is 0 Å².